The Morgan fingerprint density at radius 2 is 1.91 bits per heavy atom. The van der Waals surface area contributed by atoms with Crippen LogP contribution in [0.2, 0.25) is 0 Å². The van der Waals surface area contributed by atoms with Gasteiger partial charge in [-0.15, -0.1) is 11.3 Å². The maximum Gasteiger partial charge on any atom is 0.275 e. The lowest BCUT2D eigenvalue weighted by Gasteiger charge is -2.08. The van der Waals surface area contributed by atoms with E-state index in [1.54, 1.807) is 17.9 Å². The Morgan fingerprint density at radius 1 is 1.22 bits per heavy atom. The molecule has 0 spiro atoms. The number of benzene rings is 1. The number of nitrogens with zero attached hydrogens (tertiary/aromatic N) is 3. The fourth-order valence-corrected chi connectivity index (χ4v) is 3.46. The molecule has 1 N–H and O–H groups in total. The minimum Gasteiger partial charge on any atom is -0.330 e. The minimum absolute atomic E-state index is 0.205. The third-order valence-electron chi connectivity index (χ3n) is 3.71. The van der Waals surface area contributed by atoms with Crippen LogP contribution in [0, 0.1) is 20.8 Å². The van der Waals surface area contributed by atoms with Crippen LogP contribution in [0.4, 0.5) is 5.13 Å². The summed E-state index contributed by atoms with van der Waals surface area (Å²) in [6, 6.07) is 4.30. The summed E-state index contributed by atoms with van der Waals surface area (Å²) in [6.45, 7) is 6.26. The van der Waals surface area contributed by atoms with Crippen LogP contribution >= 0.6 is 11.3 Å². The summed E-state index contributed by atoms with van der Waals surface area (Å²) in [5.74, 6) is -0.205. The summed E-state index contributed by atoms with van der Waals surface area (Å²) in [4.78, 5) is 20.7. The topological polar surface area (TPSA) is 59.8 Å². The number of imidazole rings is 1. The zero-order valence-electron chi connectivity index (χ0n) is 13.5. The molecular weight excluding hydrogens is 308 g/mol. The Morgan fingerprint density at radius 3 is 2.52 bits per heavy atom. The van der Waals surface area contributed by atoms with E-state index >= 15 is 0 Å². The molecule has 3 aromatic rings. The number of amides is 1. The number of aromatic nitrogens is 3. The molecular formula is C17H18N4OS. The first-order valence-corrected chi connectivity index (χ1v) is 8.15. The first kappa shape index (κ1) is 15.4. The first-order chi connectivity index (χ1) is 11.0. The van der Waals surface area contributed by atoms with Crippen molar-refractivity contribution in [1.82, 2.24) is 14.5 Å². The van der Waals surface area contributed by atoms with Gasteiger partial charge in [-0.05, 0) is 31.9 Å². The fraction of sp³-hybridized carbons (Fsp3) is 0.235. The van der Waals surface area contributed by atoms with Crippen molar-refractivity contribution in [3.05, 3.63) is 52.4 Å². The van der Waals surface area contributed by atoms with Gasteiger partial charge in [0, 0.05) is 18.0 Å². The average Bonchev–Trinajstić information content (AvgIpc) is 3.07. The Balaban J connectivity index is 1.87. The van der Waals surface area contributed by atoms with E-state index in [1.165, 1.54) is 34.2 Å². The second-order valence-corrected chi connectivity index (χ2v) is 6.51. The van der Waals surface area contributed by atoms with Crippen molar-refractivity contribution in [3.8, 4) is 11.3 Å². The number of carbonyl (C=O) groups excluding carboxylic acids is 1. The average molecular weight is 326 g/mol. The highest BCUT2D eigenvalue weighted by Crippen LogP contribution is 2.31. The molecule has 0 atom stereocenters. The highest BCUT2D eigenvalue weighted by molar-refractivity contribution is 7.14. The standard InChI is InChI=1S/C17H18N4OS/c1-10-5-11(2)15(12(3)6-10)13-8-23-17(19-13)20-16(22)14-7-18-9-21(14)4/h5-9H,1-4H3,(H,19,20,22). The first-order valence-electron chi connectivity index (χ1n) is 7.27. The molecule has 0 unspecified atom stereocenters. The summed E-state index contributed by atoms with van der Waals surface area (Å²) in [7, 11) is 1.79. The number of thiazole rings is 1. The van der Waals surface area contributed by atoms with Crippen LogP contribution in [0.1, 0.15) is 27.2 Å². The third-order valence-corrected chi connectivity index (χ3v) is 4.46. The van der Waals surface area contributed by atoms with E-state index in [4.69, 9.17) is 0 Å². The summed E-state index contributed by atoms with van der Waals surface area (Å²) in [6.07, 6.45) is 3.14. The number of rotatable bonds is 3. The van der Waals surface area contributed by atoms with E-state index < -0.39 is 0 Å². The van der Waals surface area contributed by atoms with Gasteiger partial charge in [0.25, 0.3) is 5.91 Å². The van der Waals surface area contributed by atoms with E-state index in [2.05, 4.69) is 48.2 Å². The molecule has 5 nitrogen and oxygen atoms in total. The number of nitrogens with one attached hydrogen (secondary N) is 1. The van der Waals surface area contributed by atoms with Crippen LogP contribution in [0.3, 0.4) is 0 Å². The molecule has 1 amide bonds. The maximum atomic E-state index is 12.2. The molecule has 0 fully saturated rings. The van der Waals surface area contributed by atoms with Gasteiger partial charge in [-0.1, -0.05) is 17.7 Å². The molecule has 1 aromatic carbocycles. The molecule has 2 heterocycles. The predicted molar refractivity (Wildman–Crippen MR) is 92.9 cm³/mol. The number of aryl methyl sites for hydroxylation is 4. The molecule has 0 aliphatic rings. The molecule has 118 valence electrons. The van der Waals surface area contributed by atoms with E-state index in [-0.39, 0.29) is 5.91 Å². The summed E-state index contributed by atoms with van der Waals surface area (Å²) < 4.78 is 1.68. The van der Waals surface area contributed by atoms with E-state index in [9.17, 15) is 4.79 Å². The quantitative estimate of drug-likeness (QED) is 0.798. The van der Waals surface area contributed by atoms with Crippen molar-refractivity contribution in [3.63, 3.8) is 0 Å². The van der Waals surface area contributed by atoms with E-state index in [1.807, 2.05) is 5.38 Å². The largest absolute Gasteiger partial charge is 0.330 e. The number of hydrogen-bond donors (Lipinski definition) is 1. The van der Waals surface area contributed by atoms with Gasteiger partial charge >= 0.3 is 0 Å². The summed E-state index contributed by atoms with van der Waals surface area (Å²) >= 11 is 1.42. The molecule has 2 aromatic heterocycles. The smallest absolute Gasteiger partial charge is 0.275 e. The van der Waals surface area contributed by atoms with E-state index in [0.717, 1.165) is 11.3 Å². The number of hydrogen-bond acceptors (Lipinski definition) is 4. The number of anilines is 1. The van der Waals surface area contributed by atoms with Gasteiger partial charge in [-0.3, -0.25) is 10.1 Å². The third kappa shape index (κ3) is 3.03. The van der Waals surface area contributed by atoms with E-state index in [0.29, 0.717) is 10.8 Å². The Kier molecular flexibility index (Phi) is 4.00. The lowest BCUT2D eigenvalue weighted by Crippen LogP contribution is -2.15. The highest BCUT2D eigenvalue weighted by Gasteiger charge is 2.14. The highest BCUT2D eigenvalue weighted by atomic mass is 32.1. The Labute approximate surface area is 139 Å². The molecule has 0 bridgehead atoms. The zero-order chi connectivity index (χ0) is 16.6. The minimum atomic E-state index is -0.205. The SMILES string of the molecule is Cc1cc(C)c(-c2csc(NC(=O)c3cncn3C)n2)c(C)c1. The van der Waals surface area contributed by atoms with Gasteiger partial charge in [-0.2, -0.15) is 0 Å². The second kappa shape index (κ2) is 5.96. The molecule has 0 aliphatic carbocycles. The summed E-state index contributed by atoms with van der Waals surface area (Å²) in [5, 5.41) is 5.40. The summed E-state index contributed by atoms with van der Waals surface area (Å²) in [5.41, 5.74) is 6.15. The Hall–Kier alpha value is -2.47. The van der Waals surface area contributed by atoms with Crippen molar-refractivity contribution in [2.45, 2.75) is 20.8 Å². The van der Waals surface area contributed by atoms with Crippen LogP contribution in [-0.4, -0.2) is 20.4 Å². The lowest BCUT2D eigenvalue weighted by molar-refractivity contribution is 0.101. The second-order valence-electron chi connectivity index (χ2n) is 5.66. The predicted octanol–water partition coefficient (Wildman–Crippen LogP) is 3.72. The van der Waals surface area contributed by atoms with Crippen LogP contribution in [-0.2, 0) is 7.05 Å². The van der Waals surface area contributed by atoms with Crippen LogP contribution in [0.15, 0.2) is 30.0 Å². The van der Waals surface area contributed by atoms with Gasteiger partial charge in [0.2, 0.25) is 0 Å². The molecule has 0 saturated carbocycles. The fourth-order valence-electron chi connectivity index (χ4n) is 2.77. The van der Waals surface area contributed by atoms with Crippen LogP contribution < -0.4 is 5.32 Å². The monoisotopic (exact) mass is 326 g/mol. The van der Waals surface area contributed by atoms with Gasteiger partial charge in [-0.25, -0.2) is 9.97 Å². The molecule has 23 heavy (non-hydrogen) atoms. The Bertz CT molecular complexity index is 855. The van der Waals surface area contributed by atoms with Gasteiger partial charge < -0.3 is 4.57 Å². The number of carbonyl (C=O) groups is 1. The van der Waals surface area contributed by atoms with Crippen LogP contribution in [0.5, 0.6) is 0 Å². The van der Waals surface area contributed by atoms with Crippen molar-refractivity contribution < 1.29 is 4.79 Å². The van der Waals surface area contributed by atoms with Crippen molar-refractivity contribution >= 4 is 22.4 Å². The van der Waals surface area contributed by atoms with Gasteiger partial charge in [0.1, 0.15) is 5.69 Å². The molecule has 6 heteroatoms. The van der Waals surface area contributed by atoms with Crippen LogP contribution in [0.25, 0.3) is 11.3 Å². The van der Waals surface area contributed by atoms with Crippen molar-refractivity contribution in [2.75, 3.05) is 5.32 Å². The van der Waals surface area contributed by atoms with Gasteiger partial charge in [0.15, 0.2) is 5.13 Å². The van der Waals surface area contributed by atoms with Gasteiger partial charge in [0.05, 0.1) is 18.2 Å². The van der Waals surface area contributed by atoms with Crippen molar-refractivity contribution in [1.29, 1.82) is 0 Å². The zero-order valence-corrected chi connectivity index (χ0v) is 14.4. The molecule has 0 saturated heterocycles. The molecule has 0 radical (unpaired) electrons. The molecule has 3 rings (SSSR count). The maximum absolute atomic E-state index is 12.2. The lowest BCUT2D eigenvalue weighted by atomic mass is 9.98. The van der Waals surface area contributed by atoms with Crippen molar-refractivity contribution in [2.24, 2.45) is 7.05 Å². The normalized spacial score (nSPS) is 10.8. The molecule has 0 aliphatic heterocycles.